The Hall–Kier alpha value is -0.943. The van der Waals surface area contributed by atoms with E-state index in [2.05, 4.69) is 4.43 Å². The summed E-state index contributed by atoms with van der Waals surface area (Å²) in [6, 6.07) is 0. The van der Waals surface area contributed by atoms with Crippen molar-refractivity contribution in [1.82, 2.24) is 0 Å². The quantitative estimate of drug-likeness (QED) is 0.296. The van der Waals surface area contributed by atoms with E-state index in [0.717, 1.165) is 0 Å². The fraction of sp³-hybridized carbons (Fsp3) is 1.00. The van der Waals surface area contributed by atoms with Gasteiger partial charge in [-0.25, -0.2) is 13.2 Å². The Kier molecular flexibility index (Phi) is 6.82. The van der Waals surface area contributed by atoms with Gasteiger partial charge in [0.25, 0.3) is 13.9 Å². The Bertz CT molecular complexity index is 594. The molecule has 1 unspecified atom stereocenters. The molecule has 0 aromatic carbocycles. The molecule has 0 aromatic rings. The first kappa shape index (κ1) is 28.1. The minimum atomic E-state index is -8.35. The zero-order chi connectivity index (χ0) is 24.3. The summed E-state index contributed by atoms with van der Waals surface area (Å²) < 4.78 is 212. The summed E-state index contributed by atoms with van der Waals surface area (Å²) in [4.78, 5) is 0. The van der Waals surface area contributed by atoms with E-state index in [1.807, 2.05) is 0 Å². The molecule has 29 heavy (non-hydrogen) atoms. The SMILES string of the molecule is CO[Si](C)(C)C(F)(F)C(F)C(F)(F)C(F)(F)C(F)(F)C(F)(F)C(F)(F)C(F)(F)F. The lowest BCUT2D eigenvalue weighted by atomic mass is 9.92. The third-order valence-electron chi connectivity index (χ3n) is 3.91. The monoisotopic (exact) mass is 490 g/mol. The van der Waals surface area contributed by atoms with Crippen LogP contribution in [0.25, 0.3) is 0 Å². The molecule has 0 spiro atoms. The van der Waals surface area contributed by atoms with Crippen LogP contribution < -0.4 is 0 Å². The van der Waals surface area contributed by atoms with Crippen LogP contribution in [0.4, 0.5) is 70.2 Å². The van der Waals surface area contributed by atoms with E-state index in [0.29, 0.717) is 7.11 Å². The largest absolute Gasteiger partial charge is 0.460 e. The van der Waals surface area contributed by atoms with Gasteiger partial charge in [0.2, 0.25) is 6.17 Å². The number of alkyl halides is 16. The lowest BCUT2D eigenvalue weighted by molar-refractivity contribution is -0.445. The van der Waals surface area contributed by atoms with Crippen molar-refractivity contribution in [2.24, 2.45) is 0 Å². The highest BCUT2D eigenvalue weighted by Gasteiger charge is 2.92. The Labute approximate surface area is 152 Å². The van der Waals surface area contributed by atoms with Gasteiger partial charge in [0.05, 0.1) is 0 Å². The molecule has 0 aliphatic heterocycles. The molecular weight excluding hydrogens is 480 g/mol. The van der Waals surface area contributed by atoms with E-state index in [9.17, 15) is 70.2 Å². The molecule has 0 N–H and O–H groups in total. The molecule has 1 nitrogen and oxygen atoms in total. The smallest absolute Gasteiger partial charge is 0.414 e. The number of hydrogen-bond donors (Lipinski definition) is 0. The third kappa shape index (κ3) is 3.67. The maximum Gasteiger partial charge on any atom is 0.460 e. The molecule has 18 heteroatoms. The van der Waals surface area contributed by atoms with Crippen molar-refractivity contribution in [2.45, 2.75) is 60.6 Å². The molecule has 0 saturated carbocycles. The van der Waals surface area contributed by atoms with E-state index in [4.69, 9.17) is 0 Å². The fourth-order valence-electron chi connectivity index (χ4n) is 1.61. The molecule has 0 heterocycles. The zero-order valence-corrected chi connectivity index (χ0v) is 15.0. The molecule has 0 saturated heterocycles. The van der Waals surface area contributed by atoms with Crippen molar-refractivity contribution < 1.29 is 74.7 Å². The first-order chi connectivity index (χ1) is 12.2. The molecule has 0 fully saturated rings. The van der Waals surface area contributed by atoms with E-state index in [-0.39, 0.29) is 13.1 Å². The van der Waals surface area contributed by atoms with Gasteiger partial charge < -0.3 is 4.43 Å². The topological polar surface area (TPSA) is 9.23 Å². The summed E-state index contributed by atoms with van der Waals surface area (Å²) >= 11 is 0. The van der Waals surface area contributed by atoms with Gasteiger partial charge in [-0.05, 0) is 13.1 Å². The first-order valence-electron chi connectivity index (χ1n) is 6.74. The Morgan fingerprint density at radius 3 is 1.17 bits per heavy atom. The van der Waals surface area contributed by atoms with E-state index < -0.39 is 55.8 Å². The predicted molar refractivity (Wildman–Crippen MR) is 65.1 cm³/mol. The second-order valence-corrected chi connectivity index (χ2v) is 10.2. The summed E-state index contributed by atoms with van der Waals surface area (Å²) in [6.07, 6.45) is -13.4. The minimum absolute atomic E-state index is 0.207. The van der Waals surface area contributed by atoms with Gasteiger partial charge in [-0.1, -0.05) is 0 Å². The van der Waals surface area contributed by atoms with Gasteiger partial charge in [0.1, 0.15) is 0 Å². The predicted octanol–water partition coefficient (Wildman–Crippen LogP) is 6.09. The van der Waals surface area contributed by atoms with Crippen LogP contribution in [0.5, 0.6) is 0 Å². The van der Waals surface area contributed by atoms with E-state index in [1.165, 1.54) is 0 Å². The van der Waals surface area contributed by atoms with Gasteiger partial charge in [0.15, 0.2) is 0 Å². The van der Waals surface area contributed by atoms with Crippen LogP contribution in [0.15, 0.2) is 0 Å². The molecule has 176 valence electrons. The molecule has 0 aliphatic carbocycles. The maximum atomic E-state index is 13.7. The third-order valence-corrected chi connectivity index (χ3v) is 6.79. The van der Waals surface area contributed by atoms with Gasteiger partial charge >= 0.3 is 35.8 Å². The van der Waals surface area contributed by atoms with Crippen molar-refractivity contribution >= 4 is 8.32 Å². The lowest BCUT2D eigenvalue weighted by Crippen LogP contribution is -2.73. The van der Waals surface area contributed by atoms with Crippen molar-refractivity contribution in [1.29, 1.82) is 0 Å². The average Bonchev–Trinajstić information content (AvgIpc) is 2.51. The maximum absolute atomic E-state index is 13.7. The van der Waals surface area contributed by atoms with Crippen LogP contribution >= 0.6 is 0 Å². The summed E-state index contributed by atoms with van der Waals surface area (Å²) in [6.45, 7) is 0.413. The molecular formula is C11H10F16OSi. The molecule has 0 bridgehead atoms. The molecule has 1 atom stereocenters. The summed E-state index contributed by atoms with van der Waals surface area (Å²) in [5.41, 5.74) is -5.72. The second-order valence-electron chi connectivity index (χ2n) is 6.12. The van der Waals surface area contributed by atoms with Crippen LogP contribution in [0.3, 0.4) is 0 Å². The van der Waals surface area contributed by atoms with Gasteiger partial charge in [-0.15, -0.1) is 0 Å². The Morgan fingerprint density at radius 2 is 0.897 bits per heavy atom. The standard InChI is InChI=1S/C11H10F16OSi/c1-28-29(2,3)6(15,16)4(12)5(13,14)7(17,18)8(19,20)9(21,22)10(23,24)11(25,26)27/h4H,1-3H3. The van der Waals surface area contributed by atoms with E-state index >= 15 is 0 Å². The summed E-state index contributed by atoms with van der Waals surface area (Å²) in [5, 5.41) is 0. The van der Waals surface area contributed by atoms with Crippen molar-refractivity contribution in [2.75, 3.05) is 7.11 Å². The van der Waals surface area contributed by atoms with Crippen LogP contribution in [0.1, 0.15) is 0 Å². The van der Waals surface area contributed by atoms with E-state index in [1.54, 1.807) is 0 Å². The highest BCUT2D eigenvalue weighted by molar-refractivity contribution is 6.73. The normalized spacial score (nSPS) is 17.5. The Balaban J connectivity index is 6.59. The molecule has 0 aliphatic rings. The number of halogens is 16. The van der Waals surface area contributed by atoms with Crippen molar-refractivity contribution in [3.63, 3.8) is 0 Å². The summed E-state index contributed by atoms with van der Waals surface area (Å²) in [5.74, 6) is -40.4. The first-order valence-corrected chi connectivity index (χ1v) is 9.65. The molecule has 0 amide bonds. The minimum Gasteiger partial charge on any atom is -0.414 e. The van der Waals surface area contributed by atoms with Gasteiger partial charge in [0, 0.05) is 7.11 Å². The fourth-order valence-corrected chi connectivity index (χ4v) is 2.67. The van der Waals surface area contributed by atoms with Gasteiger partial charge in [-0.2, -0.15) is 57.1 Å². The highest BCUT2D eigenvalue weighted by Crippen LogP contribution is 2.62. The van der Waals surface area contributed by atoms with Crippen molar-refractivity contribution in [3.05, 3.63) is 0 Å². The molecule has 0 radical (unpaired) electrons. The zero-order valence-electron chi connectivity index (χ0n) is 14.0. The van der Waals surface area contributed by atoms with Crippen LogP contribution in [-0.4, -0.2) is 62.9 Å². The highest BCUT2D eigenvalue weighted by atomic mass is 28.4. The van der Waals surface area contributed by atoms with Crippen LogP contribution in [-0.2, 0) is 4.43 Å². The lowest BCUT2D eigenvalue weighted by Gasteiger charge is -2.42. The second kappa shape index (κ2) is 7.05. The summed E-state index contributed by atoms with van der Waals surface area (Å²) in [7, 11) is -4.77. The van der Waals surface area contributed by atoms with Gasteiger partial charge in [-0.3, -0.25) is 0 Å². The Morgan fingerprint density at radius 1 is 0.586 bits per heavy atom. The average molecular weight is 490 g/mol. The van der Waals surface area contributed by atoms with Crippen LogP contribution in [0.2, 0.25) is 13.1 Å². The van der Waals surface area contributed by atoms with Crippen molar-refractivity contribution in [3.8, 4) is 0 Å². The molecule has 0 aromatic heterocycles. The number of hydrogen-bond acceptors (Lipinski definition) is 1. The molecule has 0 rings (SSSR count). The number of rotatable bonds is 8. The van der Waals surface area contributed by atoms with Crippen LogP contribution in [0, 0.1) is 0 Å².